The maximum atomic E-state index is 13.3. The highest BCUT2D eigenvalue weighted by Gasteiger charge is 2.36. The van der Waals surface area contributed by atoms with Crippen LogP contribution in [0.25, 0.3) is 0 Å². The van der Waals surface area contributed by atoms with Crippen molar-refractivity contribution in [2.75, 3.05) is 25.0 Å². The number of likely N-dealkylation sites (tertiary alicyclic amines) is 1. The van der Waals surface area contributed by atoms with E-state index in [9.17, 15) is 19.7 Å². The fraction of sp³-hybridized carbons (Fsp3) is 0.308. The third kappa shape index (κ3) is 4.31. The average Bonchev–Trinajstić information content (AvgIpc) is 2.85. The van der Waals surface area contributed by atoms with Gasteiger partial charge in [-0.1, -0.05) is 36.4 Å². The summed E-state index contributed by atoms with van der Waals surface area (Å²) in [6.45, 7) is 2.19. The second-order valence-corrected chi connectivity index (χ2v) is 9.06. The fourth-order valence-electron chi connectivity index (χ4n) is 5.20. The van der Waals surface area contributed by atoms with Gasteiger partial charge in [0.25, 0.3) is 17.2 Å². The number of nitrogens with zero attached hydrogens (tertiary/aromatic N) is 3. The van der Waals surface area contributed by atoms with Crippen molar-refractivity contribution in [3.8, 4) is 0 Å². The largest absolute Gasteiger partial charge is 0.379 e. The van der Waals surface area contributed by atoms with Gasteiger partial charge in [0.15, 0.2) is 0 Å². The lowest BCUT2D eigenvalue weighted by Gasteiger charge is -2.42. The molecule has 0 spiro atoms. The Morgan fingerprint density at radius 3 is 2.65 bits per heavy atom. The molecule has 3 heterocycles. The average molecular weight is 459 g/mol. The Balaban J connectivity index is 1.32. The Morgan fingerprint density at radius 1 is 1.03 bits per heavy atom. The Hall–Kier alpha value is -3.94. The highest BCUT2D eigenvalue weighted by Crippen LogP contribution is 2.36. The molecule has 1 aromatic heterocycles. The zero-order valence-corrected chi connectivity index (χ0v) is 18.7. The van der Waals surface area contributed by atoms with Crippen molar-refractivity contribution in [3.05, 3.63) is 104 Å². The van der Waals surface area contributed by atoms with Crippen molar-refractivity contribution in [3.63, 3.8) is 0 Å². The smallest absolute Gasteiger partial charge is 0.293 e. The summed E-state index contributed by atoms with van der Waals surface area (Å²) < 4.78 is 1.82. The van der Waals surface area contributed by atoms with Crippen molar-refractivity contribution in [2.45, 2.75) is 25.3 Å². The van der Waals surface area contributed by atoms with E-state index < -0.39 is 4.92 Å². The number of carbonyl (C=O) groups is 1. The number of anilines is 1. The Morgan fingerprint density at radius 2 is 1.85 bits per heavy atom. The van der Waals surface area contributed by atoms with Crippen LogP contribution in [-0.2, 0) is 13.0 Å². The molecule has 0 radical (unpaired) electrons. The molecule has 1 amide bonds. The van der Waals surface area contributed by atoms with E-state index in [1.165, 1.54) is 6.07 Å². The molecule has 5 rings (SSSR count). The van der Waals surface area contributed by atoms with E-state index in [0.717, 1.165) is 24.1 Å². The van der Waals surface area contributed by atoms with Gasteiger partial charge in [0.2, 0.25) is 0 Å². The minimum Gasteiger partial charge on any atom is -0.379 e. The van der Waals surface area contributed by atoms with Gasteiger partial charge < -0.3 is 14.8 Å². The number of carbonyl (C=O) groups excluding carboxylic acids is 1. The van der Waals surface area contributed by atoms with Crippen LogP contribution in [0, 0.1) is 16.0 Å². The second kappa shape index (κ2) is 9.13. The SMILES string of the molecule is O=C(c1ccc(NCCc2ccccc2)c([N+](=O)[O-])c1)N1CC2CC(C1)c1cccc(=O)n1C2. The first-order valence-corrected chi connectivity index (χ1v) is 11.5. The first kappa shape index (κ1) is 21.9. The molecule has 2 aromatic carbocycles. The number of hydrogen-bond donors (Lipinski definition) is 1. The number of piperidine rings is 1. The molecule has 2 bridgehead atoms. The van der Waals surface area contributed by atoms with Gasteiger partial charge >= 0.3 is 0 Å². The second-order valence-electron chi connectivity index (χ2n) is 9.06. The van der Waals surface area contributed by atoms with Crippen molar-refractivity contribution in [1.82, 2.24) is 9.47 Å². The zero-order chi connectivity index (χ0) is 23.7. The molecule has 2 atom stereocenters. The molecule has 1 fully saturated rings. The lowest BCUT2D eigenvalue weighted by atomic mass is 9.83. The Kier molecular flexibility index (Phi) is 5.88. The van der Waals surface area contributed by atoms with Crippen LogP contribution in [0.2, 0.25) is 0 Å². The summed E-state index contributed by atoms with van der Waals surface area (Å²) >= 11 is 0. The third-order valence-corrected chi connectivity index (χ3v) is 6.78. The van der Waals surface area contributed by atoms with E-state index in [2.05, 4.69) is 5.32 Å². The first-order chi connectivity index (χ1) is 16.5. The maximum Gasteiger partial charge on any atom is 0.293 e. The molecular weight excluding hydrogens is 432 g/mol. The van der Waals surface area contributed by atoms with Gasteiger partial charge in [-0.15, -0.1) is 0 Å². The lowest BCUT2D eigenvalue weighted by molar-refractivity contribution is -0.384. The minimum absolute atomic E-state index is 0.00189. The van der Waals surface area contributed by atoms with Gasteiger partial charge in [-0.25, -0.2) is 0 Å². The number of aromatic nitrogens is 1. The predicted octanol–water partition coefficient (Wildman–Crippen LogP) is 3.67. The Labute approximate surface area is 197 Å². The summed E-state index contributed by atoms with van der Waals surface area (Å²) in [6.07, 6.45) is 1.68. The number of amides is 1. The summed E-state index contributed by atoms with van der Waals surface area (Å²) in [7, 11) is 0. The van der Waals surface area contributed by atoms with E-state index in [0.29, 0.717) is 37.4 Å². The van der Waals surface area contributed by atoms with Crippen molar-refractivity contribution >= 4 is 17.3 Å². The van der Waals surface area contributed by atoms with Gasteiger partial charge in [0.1, 0.15) is 5.69 Å². The number of fused-ring (bicyclic) bond motifs is 4. The molecule has 1 saturated heterocycles. The molecule has 8 heteroatoms. The van der Waals surface area contributed by atoms with Crippen LogP contribution in [0.3, 0.4) is 0 Å². The molecule has 3 aromatic rings. The van der Waals surface area contributed by atoms with Crippen molar-refractivity contribution < 1.29 is 9.72 Å². The van der Waals surface area contributed by atoms with Gasteiger partial charge in [0.05, 0.1) is 4.92 Å². The fourth-order valence-corrected chi connectivity index (χ4v) is 5.20. The number of nitro benzene ring substituents is 1. The molecule has 34 heavy (non-hydrogen) atoms. The molecule has 1 N–H and O–H groups in total. The van der Waals surface area contributed by atoms with Gasteiger partial charge in [-0.3, -0.25) is 19.7 Å². The first-order valence-electron chi connectivity index (χ1n) is 11.5. The van der Waals surface area contributed by atoms with Crippen LogP contribution in [0.4, 0.5) is 11.4 Å². The summed E-state index contributed by atoms with van der Waals surface area (Å²) in [5.41, 5.74) is 2.71. The standard InChI is InChI=1S/C26H26N4O4/c31-25-8-4-7-23-21-13-19(16-29(23)25)15-28(17-21)26(32)20-9-10-22(24(14-20)30(33)34)27-12-11-18-5-2-1-3-6-18/h1-10,14,19,21,27H,11-13,15-17H2. The molecule has 2 aliphatic heterocycles. The molecule has 174 valence electrons. The summed E-state index contributed by atoms with van der Waals surface area (Å²) in [6, 6.07) is 19.8. The van der Waals surface area contributed by atoms with Crippen LogP contribution in [0.5, 0.6) is 0 Å². The number of rotatable bonds is 6. The normalized spacial score (nSPS) is 18.8. The predicted molar refractivity (Wildman–Crippen MR) is 129 cm³/mol. The summed E-state index contributed by atoms with van der Waals surface area (Å²) in [5, 5.41) is 14.9. The number of pyridine rings is 1. The molecule has 0 aliphatic carbocycles. The number of hydrogen-bond acceptors (Lipinski definition) is 5. The van der Waals surface area contributed by atoms with Crippen molar-refractivity contribution in [1.29, 1.82) is 0 Å². The van der Waals surface area contributed by atoms with E-state index in [1.807, 2.05) is 41.0 Å². The summed E-state index contributed by atoms with van der Waals surface area (Å²) in [5.74, 6) is 0.0869. The quantitative estimate of drug-likeness (QED) is 0.449. The van der Waals surface area contributed by atoms with Crippen LogP contribution >= 0.6 is 0 Å². The number of nitrogens with one attached hydrogen (secondary N) is 1. The zero-order valence-electron chi connectivity index (χ0n) is 18.7. The maximum absolute atomic E-state index is 13.3. The van der Waals surface area contributed by atoms with Gasteiger partial charge in [-0.05, 0) is 42.5 Å². The van der Waals surface area contributed by atoms with E-state index >= 15 is 0 Å². The molecule has 2 unspecified atom stereocenters. The van der Waals surface area contributed by atoms with Crippen LogP contribution in [0.15, 0.2) is 71.5 Å². The van der Waals surface area contributed by atoms with Crippen LogP contribution < -0.4 is 10.9 Å². The van der Waals surface area contributed by atoms with Crippen molar-refractivity contribution in [2.24, 2.45) is 5.92 Å². The topological polar surface area (TPSA) is 97.5 Å². The van der Waals surface area contributed by atoms with E-state index in [1.54, 1.807) is 29.2 Å². The molecule has 2 aliphatic rings. The Bertz CT molecular complexity index is 1290. The monoisotopic (exact) mass is 458 g/mol. The molecule has 0 saturated carbocycles. The third-order valence-electron chi connectivity index (χ3n) is 6.78. The van der Waals surface area contributed by atoms with Gasteiger partial charge in [0, 0.05) is 55.5 Å². The lowest BCUT2D eigenvalue weighted by Crippen LogP contribution is -2.49. The van der Waals surface area contributed by atoms with E-state index in [4.69, 9.17) is 0 Å². The number of benzene rings is 2. The van der Waals surface area contributed by atoms with E-state index in [-0.39, 0.29) is 29.0 Å². The number of nitro groups is 1. The van der Waals surface area contributed by atoms with Gasteiger partial charge in [-0.2, -0.15) is 0 Å². The van der Waals surface area contributed by atoms with Crippen LogP contribution in [0.1, 0.15) is 34.0 Å². The highest BCUT2D eigenvalue weighted by molar-refractivity contribution is 5.96. The highest BCUT2D eigenvalue weighted by atomic mass is 16.6. The minimum atomic E-state index is -0.449. The summed E-state index contributed by atoms with van der Waals surface area (Å²) in [4.78, 5) is 38.6. The van der Waals surface area contributed by atoms with Crippen LogP contribution in [-0.4, -0.2) is 39.9 Å². The molecule has 8 nitrogen and oxygen atoms in total. The molecular formula is C26H26N4O4.